The fraction of sp³-hybridized carbons (Fsp3) is 0.519. The second kappa shape index (κ2) is 11.8. The van der Waals surface area contributed by atoms with Crippen LogP contribution < -0.4 is 15.6 Å². The lowest BCUT2D eigenvalue weighted by molar-refractivity contribution is -0.134. The molecule has 1 fully saturated rings. The molecule has 0 unspecified atom stereocenters. The summed E-state index contributed by atoms with van der Waals surface area (Å²) in [5.41, 5.74) is 2.68. The number of benzene rings is 1. The number of pyridine rings is 1. The molecule has 33 heavy (non-hydrogen) atoms. The van der Waals surface area contributed by atoms with Gasteiger partial charge in [0.05, 0.1) is 0 Å². The summed E-state index contributed by atoms with van der Waals surface area (Å²) in [6, 6.07) is 8.38. The minimum Gasteiger partial charge on any atom is -0.427 e. The third-order valence-electron chi connectivity index (χ3n) is 6.40. The molecule has 0 saturated heterocycles. The first-order chi connectivity index (χ1) is 16.0. The summed E-state index contributed by atoms with van der Waals surface area (Å²) in [4.78, 5) is 38.1. The standard InChI is InChI=1S/C27H36N2O4/c1-4-10-24-20(5-2)17-23(27(32)29(24)18-19-11-8-7-9-12-19)26(31)28-21-13-15-22(16-14-21)33-25(30)6-3/h13-17,19H,4-12,18H2,1-3H3,(H,28,31). The highest BCUT2D eigenvalue weighted by Crippen LogP contribution is 2.26. The molecule has 6 nitrogen and oxygen atoms in total. The second-order valence-electron chi connectivity index (χ2n) is 8.86. The van der Waals surface area contributed by atoms with Gasteiger partial charge < -0.3 is 14.6 Å². The maximum absolute atomic E-state index is 13.5. The van der Waals surface area contributed by atoms with Gasteiger partial charge in [0.15, 0.2) is 0 Å². The normalized spacial score (nSPS) is 14.2. The quantitative estimate of drug-likeness (QED) is 0.402. The number of amides is 1. The molecule has 1 aliphatic rings. The number of nitrogens with one attached hydrogen (secondary N) is 1. The Labute approximate surface area is 196 Å². The zero-order chi connectivity index (χ0) is 23.8. The lowest BCUT2D eigenvalue weighted by Crippen LogP contribution is -2.34. The summed E-state index contributed by atoms with van der Waals surface area (Å²) >= 11 is 0. The fourth-order valence-corrected chi connectivity index (χ4v) is 4.59. The minimum atomic E-state index is -0.409. The summed E-state index contributed by atoms with van der Waals surface area (Å²) < 4.78 is 7.07. The van der Waals surface area contributed by atoms with Crippen LogP contribution in [0.25, 0.3) is 0 Å². The number of hydrogen-bond donors (Lipinski definition) is 1. The average Bonchev–Trinajstić information content (AvgIpc) is 2.83. The van der Waals surface area contributed by atoms with Crippen molar-refractivity contribution >= 4 is 17.6 Å². The van der Waals surface area contributed by atoms with Crippen LogP contribution in [-0.4, -0.2) is 16.4 Å². The Morgan fingerprint density at radius 3 is 2.36 bits per heavy atom. The van der Waals surface area contributed by atoms with Crippen LogP contribution in [0.1, 0.15) is 87.3 Å². The first kappa shape index (κ1) is 24.7. The summed E-state index contributed by atoms with van der Waals surface area (Å²) in [5.74, 6) is 0.193. The van der Waals surface area contributed by atoms with Crippen molar-refractivity contribution in [1.29, 1.82) is 0 Å². The van der Waals surface area contributed by atoms with E-state index in [-0.39, 0.29) is 17.1 Å². The Morgan fingerprint density at radius 2 is 1.76 bits per heavy atom. The summed E-state index contributed by atoms with van der Waals surface area (Å²) in [5, 5.41) is 2.83. The van der Waals surface area contributed by atoms with E-state index in [0.717, 1.165) is 43.4 Å². The summed E-state index contributed by atoms with van der Waals surface area (Å²) in [6.07, 6.45) is 8.85. The van der Waals surface area contributed by atoms with Gasteiger partial charge in [-0.2, -0.15) is 0 Å². The van der Waals surface area contributed by atoms with Crippen LogP contribution >= 0.6 is 0 Å². The predicted molar refractivity (Wildman–Crippen MR) is 131 cm³/mol. The number of nitrogens with zero attached hydrogens (tertiary/aromatic N) is 1. The summed E-state index contributed by atoms with van der Waals surface area (Å²) in [7, 11) is 0. The number of rotatable bonds is 9. The number of esters is 1. The minimum absolute atomic E-state index is 0.184. The van der Waals surface area contributed by atoms with Crippen LogP contribution in [0.4, 0.5) is 5.69 Å². The van der Waals surface area contributed by atoms with Gasteiger partial charge in [-0.05, 0) is 67.5 Å². The lowest BCUT2D eigenvalue weighted by Gasteiger charge is -2.25. The predicted octanol–water partition coefficient (Wildman–Crippen LogP) is 5.51. The van der Waals surface area contributed by atoms with Gasteiger partial charge in [-0.3, -0.25) is 14.4 Å². The topological polar surface area (TPSA) is 77.4 Å². The average molecular weight is 453 g/mol. The van der Waals surface area contributed by atoms with Crippen molar-refractivity contribution in [2.24, 2.45) is 5.92 Å². The zero-order valence-corrected chi connectivity index (χ0v) is 20.1. The number of carbonyl (C=O) groups excluding carboxylic acids is 2. The van der Waals surface area contributed by atoms with E-state index in [1.54, 1.807) is 37.3 Å². The third-order valence-corrected chi connectivity index (χ3v) is 6.40. The maximum Gasteiger partial charge on any atom is 0.310 e. The molecule has 1 saturated carbocycles. The number of carbonyl (C=O) groups is 2. The largest absolute Gasteiger partial charge is 0.427 e. The molecule has 0 radical (unpaired) electrons. The van der Waals surface area contributed by atoms with Crippen LogP contribution in [0.3, 0.4) is 0 Å². The Morgan fingerprint density at radius 1 is 1.06 bits per heavy atom. The monoisotopic (exact) mass is 452 g/mol. The molecule has 1 amide bonds. The van der Waals surface area contributed by atoms with Crippen molar-refractivity contribution in [3.63, 3.8) is 0 Å². The van der Waals surface area contributed by atoms with E-state index in [1.165, 1.54) is 19.3 Å². The van der Waals surface area contributed by atoms with Crippen molar-refractivity contribution < 1.29 is 14.3 Å². The Kier molecular flexibility index (Phi) is 8.87. The molecular formula is C27H36N2O4. The third kappa shape index (κ3) is 6.34. The molecule has 1 aromatic heterocycles. The van der Waals surface area contributed by atoms with Crippen LogP contribution in [0.2, 0.25) is 0 Å². The number of aryl methyl sites for hydroxylation is 1. The highest BCUT2D eigenvalue weighted by atomic mass is 16.5. The lowest BCUT2D eigenvalue weighted by atomic mass is 9.89. The number of ether oxygens (including phenoxy) is 1. The van der Waals surface area contributed by atoms with Crippen LogP contribution in [0.15, 0.2) is 35.1 Å². The van der Waals surface area contributed by atoms with E-state index in [4.69, 9.17) is 4.74 Å². The van der Waals surface area contributed by atoms with Gasteiger partial charge in [-0.25, -0.2) is 0 Å². The maximum atomic E-state index is 13.5. The van der Waals surface area contributed by atoms with Crippen molar-refractivity contribution in [3.05, 3.63) is 57.5 Å². The molecule has 1 N–H and O–H groups in total. The molecule has 0 spiro atoms. The molecule has 0 bridgehead atoms. The zero-order valence-electron chi connectivity index (χ0n) is 20.1. The first-order valence-corrected chi connectivity index (χ1v) is 12.3. The molecule has 1 aromatic carbocycles. The van der Waals surface area contributed by atoms with E-state index in [9.17, 15) is 14.4 Å². The molecule has 2 aromatic rings. The Balaban J connectivity index is 1.88. The highest BCUT2D eigenvalue weighted by Gasteiger charge is 2.22. The molecular weight excluding hydrogens is 416 g/mol. The number of hydrogen-bond acceptors (Lipinski definition) is 4. The van der Waals surface area contributed by atoms with Crippen LogP contribution in [-0.2, 0) is 24.2 Å². The molecule has 3 rings (SSSR count). The van der Waals surface area contributed by atoms with Gasteiger partial charge in [0, 0.05) is 24.3 Å². The molecule has 6 heteroatoms. The van der Waals surface area contributed by atoms with Gasteiger partial charge in [-0.1, -0.05) is 46.5 Å². The molecule has 1 heterocycles. The van der Waals surface area contributed by atoms with E-state index >= 15 is 0 Å². The van der Waals surface area contributed by atoms with E-state index in [0.29, 0.717) is 30.3 Å². The van der Waals surface area contributed by atoms with Crippen molar-refractivity contribution in [2.45, 2.75) is 85.1 Å². The molecule has 0 atom stereocenters. The van der Waals surface area contributed by atoms with Crippen LogP contribution in [0.5, 0.6) is 5.75 Å². The first-order valence-electron chi connectivity index (χ1n) is 12.3. The van der Waals surface area contributed by atoms with Crippen LogP contribution in [0, 0.1) is 5.92 Å². The van der Waals surface area contributed by atoms with Crippen molar-refractivity contribution in [2.75, 3.05) is 5.32 Å². The Bertz CT molecular complexity index is 1020. The molecule has 0 aliphatic heterocycles. The second-order valence-corrected chi connectivity index (χ2v) is 8.86. The summed E-state index contributed by atoms with van der Waals surface area (Å²) in [6.45, 7) is 6.62. The smallest absolute Gasteiger partial charge is 0.310 e. The Hall–Kier alpha value is -2.89. The molecule has 1 aliphatic carbocycles. The highest BCUT2D eigenvalue weighted by molar-refractivity contribution is 6.04. The van der Waals surface area contributed by atoms with Gasteiger partial charge in [0.25, 0.3) is 11.5 Å². The van der Waals surface area contributed by atoms with Gasteiger partial charge in [0.1, 0.15) is 11.3 Å². The van der Waals surface area contributed by atoms with Crippen molar-refractivity contribution in [1.82, 2.24) is 4.57 Å². The number of anilines is 1. The van der Waals surface area contributed by atoms with Gasteiger partial charge in [0.2, 0.25) is 0 Å². The van der Waals surface area contributed by atoms with Crippen molar-refractivity contribution in [3.8, 4) is 5.75 Å². The van der Waals surface area contributed by atoms with Gasteiger partial charge >= 0.3 is 5.97 Å². The number of aromatic nitrogens is 1. The molecule has 178 valence electrons. The van der Waals surface area contributed by atoms with E-state index in [1.807, 2.05) is 4.57 Å². The van der Waals surface area contributed by atoms with E-state index in [2.05, 4.69) is 19.2 Å². The fourth-order valence-electron chi connectivity index (χ4n) is 4.59. The SMILES string of the molecule is CCCc1c(CC)cc(C(=O)Nc2ccc(OC(=O)CC)cc2)c(=O)n1CC1CCCCC1. The van der Waals surface area contributed by atoms with E-state index < -0.39 is 5.91 Å². The van der Waals surface area contributed by atoms with Gasteiger partial charge in [-0.15, -0.1) is 0 Å².